The minimum absolute atomic E-state index is 0.135. The van der Waals surface area contributed by atoms with Crippen LogP contribution in [0.25, 0.3) is 31.3 Å². The van der Waals surface area contributed by atoms with Crippen molar-refractivity contribution in [1.29, 1.82) is 0 Å². The van der Waals surface area contributed by atoms with Crippen molar-refractivity contribution in [2.75, 3.05) is 9.80 Å². The molecule has 0 amide bonds. The molecule has 8 aromatic rings. The molecule has 0 saturated heterocycles. The van der Waals surface area contributed by atoms with Gasteiger partial charge in [-0.05, 0) is 83.4 Å². The zero-order chi connectivity index (χ0) is 33.1. The molecule has 1 aliphatic rings. The summed E-state index contributed by atoms with van der Waals surface area (Å²) in [6.07, 6.45) is 0. The van der Waals surface area contributed by atoms with Crippen molar-refractivity contribution in [3.05, 3.63) is 181 Å². The Morgan fingerprint density at radius 2 is 1.16 bits per heavy atom. The Bertz CT molecular complexity index is 2450. The molecule has 1 aromatic heterocycles. The molecule has 0 N–H and O–H groups in total. The number of fused-ring (bicyclic) bond motifs is 5. The highest BCUT2D eigenvalue weighted by atomic mass is 32.1. The third-order valence-corrected chi connectivity index (χ3v) is 11.1. The van der Waals surface area contributed by atoms with E-state index >= 15 is 4.39 Å². The summed E-state index contributed by atoms with van der Waals surface area (Å²) in [5.74, 6) is -0.264. The van der Waals surface area contributed by atoms with Gasteiger partial charge in [-0.2, -0.15) is 0 Å². The van der Waals surface area contributed by atoms with Crippen LogP contribution in [0.1, 0.15) is 25.0 Å². The first-order valence-corrected chi connectivity index (χ1v) is 17.5. The van der Waals surface area contributed by atoms with E-state index in [0.717, 1.165) is 22.6 Å². The van der Waals surface area contributed by atoms with E-state index in [4.69, 9.17) is 0 Å². The van der Waals surface area contributed by atoms with Gasteiger partial charge in [0.25, 0.3) is 0 Å². The predicted molar refractivity (Wildman–Crippen MR) is 206 cm³/mol. The molecular weight excluding hydrogens is 620 g/mol. The summed E-state index contributed by atoms with van der Waals surface area (Å²) in [7, 11) is 0. The lowest BCUT2D eigenvalue weighted by Crippen LogP contribution is -2.30. The van der Waals surface area contributed by atoms with E-state index in [0.29, 0.717) is 5.69 Å². The summed E-state index contributed by atoms with van der Waals surface area (Å²) in [6.45, 7) is 4.65. The second-order valence-corrected chi connectivity index (χ2v) is 14.2. The van der Waals surface area contributed by atoms with Crippen molar-refractivity contribution in [3.8, 4) is 11.1 Å². The molecule has 0 unspecified atom stereocenters. The zero-order valence-electron chi connectivity index (χ0n) is 27.3. The number of anilines is 6. The standard InChI is InChI=1S/C45H33FN2S/c1-45(2)37-17-7-10-20-40(37)48(41-21-11-8-18-38(41)45)33-28-35(44-36(29-33)34-16-6-13-23-43(34)49-44)30-24-26-32(27-25-30)47(31-14-4-3-5-15-31)42-22-12-9-19-39(42)46/h3-29H,1-2H3. The molecule has 0 radical (unpaired) electrons. The van der Waals surface area contributed by atoms with Crippen LogP contribution in [0.3, 0.4) is 0 Å². The quantitative estimate of drug-likeness (QED) is 0.183. The van der Waals surface area contributed by atoms with Crippen molar-refractivity contribution in [3.63, 3.8) is 0 Å². The van der Waals surface area contributed by atoms with Gasteiger partial charge in [-0.25, -0.2) is 4.39 Å². The normalized spacial score (nSPS) is 13.3. The third-order valence-electron chi connectivity index (χ3n) is 9.90. The average molecular weight is 653 g/mol. The minimum atomic E-state index is -0.264. The van der Waals surface area contributed by atoms with Gasteiger partial charge in [0.2, 0.25) is 0 Å². The number of hydrogen-bond acceptors (Lipinski definition) is 3. The first kappa shape index (κ1) is 29.4. The van der Waals surface area contributed by atoms with Crippen LogP contribution in [-0.4, -0.2) is 0 Å². The largest absolute Gasteiger partial charge is 0.310 e. The second-order valence-electron chi connectivity index (χ2n) is 13.1. The van der Waals surface area contributed by atoms with E-state index in [9.17, 15) is 0 Å². The van der Waals surface area contributed by atoms with Crippen LogP contribution in [0, 0.1) is 5.82 Å². The molecular formula is C45H33FN2S. The molecule has 0 fully saturated rings. The van der Waals surface area contributed by atoms with Crippen LogP contribution < -0.4 is 9.80 Å². The molecule has 4 heteroatoms. The van der Waals surface area contributed by atoms with E-state index in [1.165, 1.54) is 54.3 Å². The van der Waals surface area contributed by atoms with E-state index in [-0.39, 0.29) is 11.2 Å². The molecule has 7 aromatic carbocycles. The molecule has 0 spiro atoms. The predicted octanol–water partition coefficient (Wildman–Crippen LogP) is 13.4. The van der Waals surface area contributed by atoms with Crippen LogP contribution in [0.2, 0.25) is 0 Å². The number of hydrogen-bond donors (Lipinski definition) is 0. The molecule has 0 saturated carbocycles. The molecule has 0 atom stereocenters. The highest BCUT2D eigenvalue weighted by Crippen LogP contribution is 2.53. The second kappa shape index (κ2) is 11.5. The Labute approximate surface area is 289 Å². The van der Waals surface area contributed by atoms with E-state index in [2.05, 4.69) is 128 Å². The molecule has 0 aliphatic carbocycles. The Morgan fingerprint density at radius 3 is 1.88 bits per heavy atom. The van der Waals surface area contributed by atoms with E-state index in [1.54, 1.807) is 6.07 Å². The Morgan fingerprint density at radius 1 is 0.571 bits per heavy atom. The number of para-hydroxylation sites is 4. The SMILES string of the molecule is CC1(C)c2ccccc2N(c2cc(-c3ccc(N(c4ccccc4)c4ccccc4F)cc3)c3sc4ccccc4c3c2)c2ccccc21. The molecule has 236 valence electrons. The van der Waals surface area contributed by atoms with Crippen molar-refractivity contribution in [1.82, 2.24) is 0 Å². The van der Waals surface area contributed by atoms with Gasteiger partial charge in [-0.15, -0.1) is 11.3 Å². The molecule has 9 rings (SSSR count). The van der Waals surface area contributed by atoms with Gasteiger partial charge in [0.15, 0.2) is 0 Å². The lowest BCUT2D eigenvalue weighted by molar-refractivity contribution is 0.629. The van der Waals surface area contributed by atoms with Gasteiger partial charge in [0, 0.05) is 48.2 Å². The van der Waals surface area contributed by atoms with Gasteiger partial charge in [-0.3, -0.25) is 0 Å². The fourth-order valence-electron chi connectivity index (χ4n) is 7.53. The smallest absolute Gasteiger partial charge is 0.147 e. The van der Waals surface area contributed by atoms with Crippen molar-refractivity contribution < 1.29 is 4.39 Å². The number of rotatable bonds is 5. The molecule has 2 nitrogen and oxygen atoms in total. The lowest BCUT2D eigenvalue weighted by atomic mass is 9.73. The van der Waals surface area contributed by atoms with Crippen LogP contribution in [0.15, 0.2) is 164 Å². The monoisotopic (exact) mass is 652 g/mol. The topological polar surface area (TPSA) is 6.48 Å². The maximum atomic E-state index is 15.3. The number of thiophene rings is 1. The van der Waals surface area contributed by atoms with Crippen molar-refractivity contribution in [2.24, 2.45) is 0 Å². The third kappa shape index (κ3) is 4.74. The molecule has 49 heavy (non-hydrogen) atoms. The van der Waals surface area contributed by atoms with Gasteiger partial charge < -0.3 is 9.80 Å². The summed E-state index contributed by atoms with van der Waals surface area (Å²) < 4.78 is 17.8. The summed E-state index contributed by atoms with van der Waals surface area (Å²) in [6, 6.07) is 56.5. The number of benzene rings is 7. The first-order chi connectivity index (χ1) is 24.0. The van der Waals surface area contributed by atoms with Gasteiger partial charge >= 0.3 is 0 Å². The first-order valence-electron chi connectivity index (χ1n) is 16.6. The van der Waals surface area contributed by atoms with E-state index < -0.39 is 0 Å². The van der Waals surface area contributed by atoms with Crippen molar-refractivity contribution >= 4 is 65.6 Å². The summed E-state index contributed by atoms with van der Waals surface area (Å²) in [4.78, 5) is 4.42. The number of nitrogens with zero attached hydrogens (tertiary/aromatic N) is 2. The maximum Gasteiger partial charge on any atom is 0.147 e. The number of halogens is 1. The Hall–Kier alpha value is -5.71. The highest BCUT2D eigenvalue weighted by Gasteiger charge is 2.36. The van der Waals surface area contributed by atoms with Crippen LogP contribution in [0.5, 0.6) is 0 Å². The fourth-order valence-corrected chi connectivity index (χ4v) is 8.75. The summed E-state index contributed by atoms with van der Waals surface area (Å²) in [5, 5.41) is 2.50. The zero-order valence-corrected chi connectivity index (χ0v) is 28.1. The van der Waals surface area contributed by atoms with Crippen LogP contribution in [-0.2, 0) is 5.41 Å². The van der Waals surface area contributed by atoms with E-state index in [1.807, 2.05) is 58.7 Å². The minimum Gasteiger partial charge on any atom is -0.310 e. The molecule has 1 aliphatic heterocycles. The summed E-state index contributed by atoms with van der Waals surface area (Å²) in [5.41, 5.74) is 10.6. The molecule has 0 bridgehead atoms. The maximum absolute atomic E-state index is 15.3. The van der Waals surface area contributed by atoms with Crippen LogP contribution >= 0.6 is 11.3 Å². The van der Waals surface area contributed by atoms with Crippen LogP contribution in [0.4, 0.5) is 38.5 Å². The average Bonchev–Trinajstić information content (AvgIpc) is 3.52. The lowest BCUT2D eigenvalue weighted by Gasteiger charge is -2.42. The Balaban J connectivity index is 1.25. The summed E-state index contributed by atoms with van der Waals surface area (Å²) >= 11 is 1.84. The molecule has 2 heterocycles. The van der Waals surface area contributed by atoms with Crippen molar-refractivity contribution in [2.45, 2.75) is 19.3 Å². The van der Waals surface area contributed by atoms with Gasteiger partial charge in [-0.1, -0.05) is 111 Å². The van der Waals surface area contributed by atoms with Gasteiger partial charge in [0.05, 0.1) is 17.1 Å². The fraction of sp³-hybridized carbons (Fsp3) is 0.0667. The highest BCUT2D eigenvalue weighted by molar-refractivity contribution is 7.26. The Kier molecular flexibility index (Phi) is 6.89. The van der Waals surface area contributed by atoms with Gasteiger partial charge in [0.1, 0.15) is 5.82 Å².